The summed E-state index contributed by atoms with van der Waals surface area (Å²) >= 11 is 0. The van der Waals surface area contributed by atoms with E-state index in [1.54, 1.807) is 6.07 Å². The van der Waals surface area contributed by atoms with Gasteiger partial charge in [0, 0.05) is 41.9 Å². The Labute approximate surface area is 243 Å². The molecule has 14 heteroatoms. The van der Waals surface area contributed by atoms with Crippen LogP contribution in [-0.2, 0) is 11.4 Å². The summed E-state index contributed by atoms with van der Waals surface area (Å²) in [4.78, 5) is 35.0. The molecule has 2 aromatic carbocycles. The fourth-order valence-electron chi connectivity index (χ4n) is 5.13. The molecule has 1 aliphatic rings. The average Bonchev–Trinajstić information content (AvgIpc) is 3.24. The number of piperidine rings is 1. The Morgan fingerprint density at radius 1 is 1.19 bits per heavy atom. The summed E-state index contributed by atoms with van der Waals surface area (Å²) in [7, 11) is 0. The van der Waals surface area contributed by atoms with Crippen LogP contribution in [0.4, 0.5) is 19.0 Å². The number of fused-ring (bicyclic) bond motifs is 1. The van der Waals surface area contributed by atoms with Crippen LogP contribution in [0, 0.1) is 33.8 Å². The van der Waals surface area contributed by atoms with Crippen molar-refractivity contribution >= 4 is 22.7 Å². The van der Waals surface area contributed by atoms with Gasteiger partial charge in [-0.2, -0.15) is 9.65 Å². The van der Waals surface area contributed by atoms with Crippen molar-refractivity contribution in [3.05, 3.63) is 70.0 Å². The van der Waals surface area contributed by atoms with Gasteiger partial charge in [-0.3, -0.25) is 9.52 Å². The lowest BCUT2D eigenvalue weighted by Gasteiger charge is -2.32. The number of aromatic nitrogens is 3. The van der Waals surface area contributed by atoms with Gasteiger partial charge in [-0.05, 0) is 51.0 Å². The van der Waals surface area contributed by atoms with Crippen LogP contribution in [0.15, 0.2) is 41.7 Å². The number of benzene rings is 2. The van der Waals surface area contributed by atoms with Gasteiger partial charge in [0.1, 0.15) is 23.5 Å². The molecule has 0 spiro atoms. The predicted molar refractivity (Wildman–Crippen MR) is 150 cm³/mol. The van der Waals surface area contributed by atoms with Crippen molar-refractivity contribution in [3.8, 4) is 28.5 Å². The summed E-state index contributed by atoms with van der Waals surface area (Å²) in [6.45, 7) is 3.73. The smallest absolute Gasteiger partial charge is 0.370 e. The van der Waals surface area contributed by atoms with Crippen LogP contribution in [0.1, 0.15) is 42.6 Å². The van der Waals surface area contributed by atoms with Crippen molar-refractivity contribution < 1.29 is 27.9 Å². The molecule has 0 atom stereocenters. The zero-order chi connectivity index (χ0) is 31.1. The maximum Gasteiger partial charge on any atom is 0.370 e. The lowest BCUT2D eigenvalue weighted by molar-refractivity contribution is 0.0508. The number of carbonyl (C=O) groups is 1. The molecule has 3 N–H and O–H groups in total. The highest BCUT2D eigenvalue weighted by Crippen LogP contribution is 2.40. The van der Waals surface area contributed by atoms with Crippen molar-refractivity contribution in [2.24, 2.45) is 11.1 Å². The quantitative estimate of drug-likeness (QED) is 0.231. The fourth-order valence-corrected chi connectivity index (χ4v) is 5.13. The van der Waals surface area contributed by atoms with Crippen LogP contribution in [0.5, 0.6) is 0 Å². The number of anilines is 1. The molecule has 0 saturated carbocycles. The number of nitriles is 1. The van der Waals surface area contributed by atoms with Crippen LogP contribution >= 0.6 is 0 Å². The van der Waals surface area contributed by atoms with Crippen LogP contribution < -0.4 is 10.6 Å². The highest BCUT2D eigenvalue weighted by molar-refractivity contribution is 6.03. The maximum atomic E-state index is 16.0. The number of hydrogen-bond donors (Lipinski definition) is 2. The maximum absolute atomic E-state index is 16.0. The molecule has 0 aliphatic carbocycles. The lowest BCUT2D eigenvalue weighted by atomic mass is 9.92. The molecule has 0 radical (unpaired) electrons. The molecule has 43 heavy (non-hydrogen) atoms. The number of rotatable bonds is 7. The minimum absolute atomic E-state index is 0.0276. The molecular formula is C29H26F3N7O4. The third-order valence-electron chi connectivity index (χ3n) is 7.17. The van der Waals surface area contributed by atoms with Crippen molar-refractivity contribution in [1.82, 2.24) is 14.8 Å². The Hall–Kier alpha value is -4.87. The molecule has 0 amide bonds. The lowest BCUT2D eigenvalue weighted by Crippen LogP contribution is -2.40. The number of pyridine rings is 1. The van der Waals surface area contributed by atoms with Crippen molar-refractivity contribution in [1.29, 1.82) is 5.26 Å². The molecule has 1 fully saturated rings. The average molecular weight is 594 g/mol. The summed E-state index contributed by atoms with van der Waals surface area (Å²) in [6.07, 6.45) is 1.22. The molecule has 0 bridgehead atoms. The topological polar surface area (TPSA) is 160 Å². The van der Waals surface area contributed by atoms with E-state index in [1.165, 1.54) is 32.0 Å². The minimum Gasteiger partial charge on any atom is -0.389 e. The molecule has 2 aromatic heterocycles. The first-order chi connectivity index (χ1) is 20.4. The Morgan fingerprint density at radius 2 is 1.91 bits per heavy atom. The minimum atomic E-state index is -1.30. The van der Waals surface area contributed by atoms with Crippen molar-refractivity contribution in [2.75, 3.05) is 18.0 Å². The number of carbonyl (C=O) groups excluding carboxylic acids is 1. The van der Waals surface area contributed by atoms with Gasteiger partial charge in [0.25, 0.3) is 0 Å². The van der Waals surface area contributed by atoms with E-state index in [0.29, 0.717) is 25.9 Å². The molecule has 4 aromatic rings. The van der Waals surface area contributed by atoms with E-state index in [1.807, 2.05) is 4.90 Å². The largest absolute Gasteiger partial charge is 0.389 e. The Bertz CT molecular complexity index is 1790. The number of halogens is 3. The summed E-state index contributed by atoms with van der Waals surface area (Å²) in [5, 5.41) is 25.3. The molecule has 222 valence electrons. The standard InChI is InChI=1S/C29H26F3N7O4/c1-29(2,41)14-39-23-12-22(31)18(10-19(23)27(32)36-39)25-20(28(40)43-37-42)11-24(38-7-5-17(34)6-8-38)35-26(25)15-3-4-16(13-33)21(30)9-15/h3-4,9-12,17,41H,5-8,14,34H2,1-2H3. The predicted octanol–water partition coefficient (Wildman–Crippen LogP) is 4.59. The summed E-state index contributed by atoms with van der Waals surface area (Å²) in [5.74, 6) is -3.82. The molecule has 3 heterocycles. The second-order valence-electron chi connectivity index (χ2n) is 10.9. The first kappa shape index (κ1) is 29.6. The number of hydrogen-bond acceptors (Lipinski definition) is 10. The molecule has 11 nitrogen and oxygen atoms in total. The number of nitrogens with zero attached hydrogens (tertiary/aromatic N) is 6. The Kier molecular flexibility index (Phi) is 7.87. The van der Waals surface area contributed by atoms with Gasteiger partial charge in [-0.15, -0.1) is 10.0 Å². The van der Waals surface area contributed by atoms with E-state index in [-0.39, 0.29) is 62.8 Å². The molecule has 1 aliphatic heterocycles. The normalized spacial score (nSPS) is 14.1. The van der Waals surface area contributed by atoms with E-state index in [9.17, 15) is 24.5 Å². The number of aliphatic hydroxyl groups is 1. The van der Waals surface area contributed by atoms with Crippen LogP contribution in [0.2, 0.25) is 0 Å². The van der Waals surface area contributed by atoms with Crippen LogP contribution in [0.3, 0.4) is 0 Å². The molecular weight excluding hydrogens is 567 g/mol. The van der Waals surface area contributed by atoms with Gasteiger partial charge in [-0.1, -0.05) is 6.07 Å². The van der Waals surface area contributed by atoms with Crippen LogP contribution in [0.25, 0.3) is 33.3 Å². The molecule has 0 unspecified atom stereocenters. The fraction of sp³-hybridized carbons (Fsp3) is 0.310. The van der Waals surface area contributed by atoms with Gasteiger partial charge in [0.05, 0.1) is 39.9 Å². The second-order valence-corrected chi connectivity index (χ2v) is 10.9. The van der Waals surface area contributed by atoms with E-state index in [2.05, 4.69) is 20.3 Å². The second kappa shape index (κ2) is 11.4. The summed E-state index contributed by atoms with van der Waals surface area (Å²) < 4.78 is 47.1. The SMILES string of the molecule is CC(C)(O)Cn1nc(F)c2cc(-c3c(C(=O)ON=O)cc(N4CCC(N)CC4)nc3-c3ccc(C#N)c(F)c3)c(F)cc21. The summed E-state index contributed by atoms with van der Waals surface area (Å²) in [5.41, 5.74) is 3.56. The summed E-state index contributed by atoms with van der Waals surface area (Å²) in [6, 6.07) is 8.65. The first-order valence-corrected chi connectivity index (χ1v) is 13.3. The third-order valence-corrected chi connectivity index (χ3v) is 7.17. The zero-order valence-corrected chi connectivity index (χ0v) is 23.1. The Morgan fingerprint density at radius 3 is 2.53 bits per heavy atom. The van der Waals surface area contributed by atoms with Gasteiger partial charge in [-0.25, -0.2) is 18.6 Å². The van der Waals surface area contributed by atoms with Gasteiger partial charge in [0.15, 0.2) is 5.34 Å². The van der Waals surface area contributed by atoms with Gasteiger partial charge in [0.2, 0.25) is 5.95 Å². The highest BCUT2D eigenvalue weighted by Gasteiger charge is 2.29. The zero-order valence-electron chi connectivity index (χ0n) is 23.1. The van der Waals surface area contributed by atoms with Crippen LogP contribution in [-0.4, -0.2) is 50.6 Å². The monoisotopic (exact) mass is 593 g/mol. The van der Waals surface area contributed by atoms with Crippen molar-refractivity contribution in [2.45, 2.75) is 44.9 Å². The van der Waals surface area contributed by atoms with Crippen molar-refractivity contribution in [3.63, 3.8) is 0 Å². The first-order valence-electron chi connectivity index (χ1n) is 13.3. The molecule has 1 saturated heterocycles. The van der Waals surface area contributed by atoms with E-state index < -0.39 is 29.2 Å². The van der Waals surface area contributed by atoms with E-state index >= 15 is 8.78 Å². The molecule has 5 rings (SSSR count). The Balaban J connectivity index is 1.82. The van der Waals surface area contributed by atoms with Gasteiger partial charge >= 0.3 is 5.97 Å². The van der Waals surface area contributed by atoms with E-state index in [4.69, 9.17) is 5.73 Å². The highest BCUT2D eigenvalue weighted by atomic mass is 19.1. The van der Waals surface area contributed by atoms with Gasteiger partial charge < -0.3 is 15.7 Å². The number of nitrogens with two attached hydrogens (primary N) is 1. The third kappa shape index (κ3) is 5.90. The van der Waals surface area contributed by atoms with E-state index in [0.717, 1.165) is 22.9 Å².